The van der Waals surface area contributed by atoms with E-state index in [1.807, 2.05) is 24.3 Å². The molecule has 2 aromatic rings. The van der Waals surface area contributed by atoms with Crippen LogP contribution in [0, 0.1) is 0 Å². The predicted octanol–water partition coefficient (Wildman–Crippen LogP) is 5.76. The Morgan fingerprint density at radius 1 is 1.05 bits per heavy atom. The highest BCUT2D eigenvalue weighted by molar-refractivity contribution is 9.11. The molecule has 0 bridgehead atoms. The van der Waals surface area contributed by atoms with E-state index in [4.69, 9.17) is 28.9 Å². The van der Waals surface area contributed by atoms with Crippen LogP contribution in [0.25, 0.3) is 0 Å². The molecule has 0 heterocycles. The van der Waals surface area contributed by atoms with Gasteiger partial charge in [0.05, 0.1) is 0 Å². The maximum Gasteiger partial charge on any atom is 0.0439 e. The Hall–Kier alpha value is -0.0600. The minimum atomic E-state index is -0.150. The molecule has 5 heteroatoms. The summed E-state index contributed by atoms with van der Waals surface area (Å²) in [4.78, 5) is 0. The van der Waals surface area contributed by atoms with Crippen molar-refractivity contribution in [3.05, 3.63) is 66.5 Å². The Kier molecular flexibility index (Phi) is 5.32. The monoisotopic (exact) mass is 421 g/mol. The summed E-state index contributed by atoms with van der Waals surface area (Å²) in [6, 6.07) is 11.2. The van der Waals surface area contributed by atoms with Crippen LogP contribution in [0.15, 0.2) is 45.3 Å². The first-order chi connectivity index (χ1) is 8.97. The summed E-state index contributed by atoms with van der Waals surface area (Å²) in [6.07, 6.45) is 0.633. The van der Waals surface area contributed by atoms with Crippen LogP contribution in [-0.2, 0) is 6.42 Å². The van der Waals surface area contributed by atoms with E-state index in [9.17, 15) is 0 Å². The summed E-state index contributed by atoms with van der Waals surface area (Å²) in [5.41, 5.74) is 8.25. The van der Waals surface area contributed by atoms with Crippen molar-refractivity contribution in [2.75, 3.05) is 0 Å². The predicted molar refractivity (Wildman–Crippen MR) is 88.9 cm³/mol. The van der Waals surface area contributed by atoms with E-state index in [0.29, 0.717) is 16.5 Å². The van der Waals surface area contributed by atoms with Gasteiger partial charge in [-0.25, -0.2) is 0 Å². The summed E-state index contributed by atoms with van der Waals surface area (Å²) in [6.45, 7) is 0. The SMILES string of the molecule is NC(Cc1cc(Cl)ccc1Cl)c1cc(Br)ccc1Br. The van der Waals surface area contributed by atoms with Gasteiger partial charge in [-0.05, 0) is 53.9 Å². The number of nitrogens with two attached hydrogens (primary N) is 1. The van der Waals surface area contributed by atoms with Gasteiger partial charge in [-0.3, -0.25) is 0 Å². The summed E-state index contributed by atoms with van der Waals surface area (Å²) < 4.78 is 1.99. The maximum absolute atomic E-state index is 6.26. The molecule has 1 unspecified atom stereocenters. The average Bonchev–Trinajstić information content (AvgIpc) is 2.36. The van der Waals surface area contributed by atoms with Gasteiger partial charge in [-0.15, -0.1) is 0 Å². The maximum atomic E-state index is 6.26. The van der Waals surface area contributed by atoms with E-state index < -0.39 is 0 Å². The number of rotatable bonds is 3. The Morgan fingerprint density at radius 3 is 2.53 bits per heavy atom. The summed E-state index contributed by atoms with van der Waals surface area (Å²) in [5, 5.41) is 1.35. The molecule has 0 saturated carbocycles. The molecule has 0 aliphatic carbocycles. The molecule has 0 aliphatic heterocycles. The van der Waals surface area contributed by atoms with E-state index in [1.54, 1.807) is 12.1 Å². The quantitative estimate of drug-likeness (QED) is 0.667. The second-order valence-electron chi connectivity index (χ2n) is 4.21. The van der Waals surface area contributed by atoms with Gasteiger partial charge >= 0.3 is 0 Å². The summed E-state index contributed by atoms with van der Waals surface area (Å²) in [7, 11) is 0. The van der Waals surface area contributed by atoms with E-state index in [0.717, 1.165) is 20.1 Å². The largest absolute Gasteiger partial charge is 0.324 e. The first kappa shape index (κ1) is 15.3. The third kappa shape index (κ3) is 3.96. The van der Waals surface area contributed by atoms with Crippen molar-refractivity contribution >= 4 is 55.1 Å². The highest BCUT2D eigenvalue weighted by atomic mass is 79.9. The Balaban J connectivity index is 2.27. The third-order valence-electron chi connectivity index (χ3n) is 2.81. The topological polar surface area (TPSA) is 26.0 Å². The van der Waals surface area contributed by atoms with Crippen LogP contribution in [0.5, 0.6) is 0 Å². The molecule has 1 nitrogen and oxygen atoms in total. The molecule has 0 radical (unpaired) electrons. The average molecular weight is 424 g/mol. The second kappa shape index (κ2) is 6.59. The van der Waals surface area contributed by atoms with Crippen LogP contribution in [0.1, 0.15) is 17.2 Å². The van der Waals surface area contributed by atoms with Crippen molar-refractivity contribution < 1.29 is 0 Å². The smallest absolute Gasteiger partial charge is 0.0439 e. The van der Waals surface area contributed by atoms with Gasteiger partial charge in [-0.1, -0.05) is 55.1 Å². The third-order valence-corrected chi connectivity index (χ3v) is 4.62. The van der Waals surface area contributed by atoms with Gasteiger partial charge in [0.15, 0.2) is 0 Å². The van der Waals surface area contributed by atoms with Gasteiger partial charge in [0.1, 0.15) is 0 Å². The Morgan fingerprint density at radius 2 is 1.79 bits per heavy atom. The van der Waals surface area contributed by atoms with Gasteiger partial charge in [0, 0.05) is 25.0 Å². The van der Waals surface area contributed by atoms with Crippen molar-refractivity contribution in [2.45, 2.75) is 12.5 Å². The molecule has 2 N–H and O–H groups in total. The van der Waals surface area contributed by atoms with Crippen molar-refractivity contribution in [1.82, 2.24) is 0 Å². The van der Waals surface area contributed by atoms with Crippen LogP contribution < -0.4 is 5.73 Å². The molecule has 0 fully saturated rings. The molecule has 19 heavy (non-hydrogen) atoms. The Labute approximate surface area is 139 Å². The summed E-state index contributed by atoms with van der Waals surface area (Å²) in [5.74, 6) is 0. The van der Waals surface area contributed by atoms with Crippen LogP contribution in [0.3, 0.4) is 0 Å². The summed E-state index contributed by atoms with van der Waals surface area (Å²) >= 11 is 19.1. The van der Waals surface area contributed by atoms with Crippen molar-refractivity contribution in [2.24, 2.45) is 5.73 Å². The fourth-order valence-electron chi connectivity index (χ4n) is 1.85. The van der Waals surface area contributed by atoms with Crippen molar-refractivity contribution in [3.63, 3.8) is 0 Å². The zero-order valence-electron chi connectivity index (χ0n) is 9.84. The number of halogens is 4. The molecule has 2 aromatic carbocycles. The molecule has 1 atom stereocenters. The van der Waals surface area contributed by atoms with Crippen molar-refractivity contribution in [3.8, 4) is 0 Å². The van der Waals surface area contributed by atoms with Gasteiger partial charge < -0.3 is 5.73 Å². The lowest BCUT2D eigenvalue weighted by Gasteiger charge is -2.15. The van der Waals surface area contributed by atoms with Gasteiger partial charge in [-0.2, -0.15) is 0 Å². The number of benzene rings is 2. The van der Waals surface area contributed by atoms with Crippen molar-refractivity contribution in [1.29, 1.82) is 0 Å². The normalized spacial score (nSPS) is 12.5. The lowest BCUT2D eigenvalue weighted by molar-refractivity contribution is 0.718. The van der Waals surface area contributed by atoms with Crippen LogP contribution in [-0.4, -0.2) is 0 Å². The van der Waals surface area contributed by atoms with E-state index >= 15 is 0 Å². The van der Waals surface area contributed by atoms with Gasteiger partial charge in [0.2, 0.25) is 0 Å². The van der Waals surface area contributed by atoms with E-state index in [2.05, 4.69) is 31.9 Å². The second-order valence-corrected chi connectivity index (χ2v) is 6.83. The molecule has 0 spiro atoms. The fraction of sp³-hybridized carbons (Fsp3) is 0.143. The molecule has 0 aromatic heterocycles. The van der Waals surface area contributed by atoms with Crippen LogP contribution in [0.2, 0.25) is 10.0 Å². The highest BCUT2D eigenvalue weighted by Gasteiger charge is 2.13. The number of hydrogen-bond donors (Lipinski definition) is 1. The minimum absolute atomic E-state index is 0.150. The van der Waals surface area contributed by atoms with Gasteiger partial charge in [0.25, 0.3) is 0 Å². The molecule has 2 rings (SSSR count). The lowest BCUT2D eigenvalue weighted by Crippen LogP contribution is -2.14. The zero-order valence-corrected chi connectivity index (χ0v) is 14.5. The van der Waals surface area contributed by atoms with Crippen LogP contribution >= 0.6 is 55.1 Å². The van der Waals surface area contributed by atoms with Crippen LogP contribution in [0.4, 0.5) is 0 Å². The zero-order chi connectivity index (χ0) is 14.0. The fourth-order valence-corrected chi connectivity index (χ4v) is 3.15. The molecular formula is C14H11Br2Cl2N. The first-order valence-corrected chi connectivity index (χ1v) is 7.96. The first-order valence-electron chi connectivity index (χ1n) is 5.62. The standard InChI is InChI=1S/C14H11Br2Cl2N/c15-9-1-3-12(16)11(7-9)14(19)6-8-5-10(17)2-4-13(8)18/h1-5,7,14H,6,19H2. The Bertz CT molecular complexity index is 602. The molecule has 0 amide bonds. The minimum Gasteiger partial charge on any atom is -0.324 e. The molecule has 100 valence electrons. The number of hydrogen-bond acceptors (Lipinski definition) is 1. The lowest BCUT2D eigenvalue weighted by atomic mass is 10.00. The van der Waals surface area contributed by atoms with E-state index in [-0.39, 0.29) is 6.04 Å². The molecule has 0 saturated heterocycles. The van der Waals surface area contributed by atoms with E-state index in [1.165, 1.54) is 0 Å². The highest BCUT2D eigenvalue weighted by Crippen LogP contribution is 2.30. The molecular weight excluding hydrogens is 413 g/mol. The molecule has 0 aliphatic rings.